The van der Waals surface area contributed by atoms with Crippen LogP contribution in [0.1, 0.15) is 29.0 Å². The number of rotatable bonds is 8. The van der Waals surface area contributed by atoms with Crippen molar-refractivity contribution >= 4 is 0 Å². The summed E-state index contributed by atoms with van der Waals surface area (Å²) in [6, 6.07) is 0.315. The zero-order valence-corrected chi connectivity index (χ0v) is 15.6. The summed E-state index contributed by atoms with van der Waals surface area (Å²) in [5.74, 6) is 0.904. The largest absolute Gasteiger partial charge is 0.382 e. The molecule has 3 rings (SSSR count). The maximum Gasteiger partial charge on any atom is 0.138 e. The number of hydrogen-bond acceptors (Lipinski definition) is 6. The molecule has 0 saturated carbocycles. The van der Waals surface area contributed by atoms with Gasteiger partial charge < -0.3 is 14.0 Å². The van der Waals surface area contributed by atoms with Crippen LogP contribution in [0.3, 0.4) is 0 Å². The highest BCUT2D eigenvalue weighted by Crippen LogP contribution is 2.27. The van der Waals surface area contributed by atoms with E-state index >= 15 is 0 Å². The van der Waals surface area contributed by atoms with Gasteiger partial charge in [-0.15, -0.1) is 0 Å². The second-order valence-corrected chi connectivity index (χ2v) is 6.76. The smallest absolute Gasteiger partial charge is 0.138 e. The molecule has 7 nitrogen and oxygen atoms in total. The maximum absolute atomic E-state index is 6.11. The molecule has 0 spiro atoms. The Kier molecular flexibility index (Phi) is 5.88. The normalized spacial score (nSPS) is 21.3. The average Bonchev–Trinajstić information content (AvgIpc) is 3.25. The molecule has 3 heterocycles. The van der Waals surface area contributed by atoms with Crippen LogP contribution in [0.25, 0.3) is 0 Å². The molecule has 1 saturated heterocycles. The number of likely N-dealkylation sites (tertiary alicyclic amines) is 1. The van der Waals surface area contributed by atoms with Crippen molar-refractivity contribution in [2.45, 2.75) is 45.4 Å². The third kappa shape index (κ3) is 4.29. The molecule has 0 aromatic carbocycles. The fourth-order valence-electron chi connectivity index (χ4n) is 3.57. The molecule has 0 aliphatic carbocycles. The zero-order chi connectivity index (χ0) is 17.8. The molecule has 1 fully saturated rings. The maximum atomic E-state index is 6.11. The van der Waals surface area contributed by atoms with Gasteiger partial charge in [-0.05, 0) is 32.3 Å². The standard InChI is InChI=1S/C18H28N4O3/c1-13-16(14(2)25-20-13)12-22-6-5-18(24-8-7-23-4)17(22)9-15-10-19-21(3)11-15/h10-11,17-18H,5-9,12H2,1-4H3/t17-,18-/m1/s1. The molecule has 2 atom stereocenters. The molecule has 0 bridgehead atoms. The van der Waals surface area contributed by atoms with Crippen molar-refractivity contribution in [2.75, 3.05) is 26.9 Å². The van der Waals surface area contributed by atoms with E-state index in [0.29, 0.717) is 19.3 Å². The molecule has 7 heteroatoms. The Hall–Kier alpha value is -1.70. The minimum absolute atomic E-state index is 0.204. The molecule has 0 radical (unpaired) electrons. The Morgan fingerprint density at radius 3 is 2.80 bits per heavy atom. The zero-order valence-electron chi connectivity index (χ0n) is 15.6. The van der Waals surface area contributed by atoms with Crippen LogP contribution in [0.15, 0.2) is 16.9 Å². The summed E-state index contributed by atoms with van der Waals surface area (Å²) >= 11 is 0. The van der Waals surface area contributed by atoms with Gasteiger partial charge >= 0.3 is 0 Å². The van der Waals surface area contributed by atoms with Gasteiger partial charge in [-0.3, -0.25) is 9.58 Å². The number of methoxy groups -OCH3 is 1. The SMILES string of the molecule is COCCO[C@@H]1CCN(Cc2c(C)noc2C)[C@@H]1Cc1cnn(C)c1. The minimum Gasteiger partial charge on any atom is -0.382 e. The molecule has 0 amide bonds. The van der Waals surface area contributed by atoms with Crippen molar-refractivity contribution in [3.8, 4) is 0 Å². The van der Waals surface area contributed by atoms with Gasteiger partial charge in [0.15, 0.2) is 0 Å². The number of nitrogens with zero attached hydrogens (tertiary/aromatic N) is 4. The van der Waals surface area contributed by atoms with Crippen molar-refractivity contribution in [2.24, 2.45) is 7.05 Å². The second-order valence-electron chi connectivity index (χ2n) is 6.76. The molecule has 2 aromatic rings. The van der Waals surface area contributed by atoms with Crippen molar-refractivity contribution in [1.82, 2.24) is 19.8 Å². The van der Waals surface area contributed by atoms with E-state index in [1.807, 2.05) is 31.8 Å². The first kappa shape index (κ1) is 18.1. The van der Waals surface area contributed by atoms with Gasteiger partial charge in [-0.25, -0.2) is 0 Å². The Labute approximate surface area is 148 Å². The van der Waals surface area contributed by atoms with E-state index in [4.69, 9.17) is 14.0 Å². The predicted octanol–water partition coefficient (Wildman–Crippen LogP) is 1.87. The highest BCUT2D eigenvalue weighted by molar-refractivity contribution is 5.21. The summed E-state index contributed by atoms with van der Waals surface area (Å²) in [5.41, 5.74) is 3.40. The fraction of sp³-hybridized carbons (Fsp3) is 0.667. The minimum atomic E-state index is 0.204. The molecule has 25 heavy (non-hydrogen) atoms. The van der Waals surface area contributed by atoms with E-state index in [9.17, 15) is 0 Å². The van der Waals surface area contributed by atoms with Crippen molar-refractivity contribution in [3.05, 3.63) is 35.0 Å². The van der Waals surface area contributed by atoms with Crippen LogP contribution < -0.4 is 0 Å². The predicted molar refractivity (Wildman–Crippen MR) is 93.3 cm³/mol. The first-order valence-corrected chi connectivity index (χ1v) is 8.82. The lowest BCUT2D eigenvalue weighted by Gasteiger charge is -2.28. The topological polar surface area (TPSA) is 65.6 Å². The highest BCUT2D eigenvalue weighted by atomic mass is 16.5. The Morgan fingerprint density at radius 1 is 1.32 bits per heavy atom. The molecule has 1 aliphatic heterocycles. The average molecular weight is 348 g/mol. The lowest BCUT2D eigenvalue weighted by molar-refractivity contribution is -0.00136. The van der Waals surface area contributed by atoms with Crippen LogP contribution in [0, 0.1) is 13.8 Å². The van der Waals surface area contributed by atoms with Crippen molar-refractivity contribution < 1.29 is 14.0 Å². The van der Waals surface area contributed by atoms with Crippen LogP contribution in [-0.4, -0.2) is 58.9 Å². The summed E-state index contributed by atoms with van der Waals surface area (Å²) in [5, 5.41) is 8.39. The summed E-state index contributed by atoms with van der Waals surface area (Å²) in [6.07, 6.45) is 6.18. The second kappa shape index (κ2) is 8.12. The van der Waals surface area contributed by atoms with E-state index in [1.54, 1.807) is 7.11 Å². The van der Waals surface area contributed by atoms with Crippen molar-refractivity contribution in [3.63, 3.8) is 0 Å². The lowest BCUT2D eigenvalue weighted by atomic mass is 10.0. The van der Waals surface area contributed by atoms with Gasteiger partial charge in [0.1, 0.15) is 5.76 Å². The summed E-state index contributed by atoms with van der Waals surface area (Å²) < 4.78 is 18.4. The Balaban J connectivity index is 1.73. The fourth-order valence-corrected chi connectivity index (χ4v) is 3.57. The van der Waals surface area contributed by atoms with E-state index in [2.05, 4.69) is 21.4 Å². The van der Waals surface area contributed by atoms with E-state index in [1.165, 1.54) is 11.1 Å². The van der Waals surface area contributed by atoms with E-state index < -0.39 is 0 Å². The molecular formula is C18H28N4O3. The number of aryl methyl sites for hydroxylation is 3. The monoisotopic (exact) mass is 348 g/mol. The van der Waals surface area contributed by atoms with Gasteiger partial charge in [0.05, 0.1) is 31.2 Å². The summed E-state index contributed by atoms with van der Waals surface area (Å²) in [4.78, 5) is 2.48. The van der Waals surface area contributed by atoms with Crippen LogP contribution in [0.4, 0.5) is 0 Å². The van der Waals surface area contributed by atoms with Gasteiger partial charge in [0.2, 0.25) is 0 Å². The quantitative estimate of drug-likeness (QED) is 0.679. The molecule has 1 aliphatic rings. The van der Waals surface area contributed by atoms with Crippen LogP contribution in [-0.2, 0) is 29.5 Å². The molecule has 2 aromatic heterocycles. The Morgan fingerprint density at radius 2 is 2.16 bits per heavy atom. The van der Waals surface area contributed by atoms with E-state index in [0.717, 1.165) is 37.4 Å². The summed E-state index contributed by atoms with van der Waals surface area (Å²) in [6.45, 7) is 7.09. The van der Waals surface area contributed by atoms with Gasteiger partial charge in [-0.1, -0.05) is 5.16 Å². The van der Waals surface area contributed by atoms with Crippen molar-refractivity contribution in [1.29, 1.82) is 0 Å². The molecular weight excluding hydrogens is 320 g/mol. The first-order valence-electron chi connectivity index (χ1n) is 8.82. The molecule has 0 unspecified atom stereocenters. The number of hydrogen-bond donors (Lipinski definition) is 0. The highest BCUT2D eigenvalue weighted by Gasteiger charge is 2.35. The van der Waals surface area contributed by atoms with E-state index in [-0.39, 0.29) is 6.10 Å². The van der Waals surface area contributed by atoms with Gasteiger partial charge in [0.25, 0.3) is 0 Å². The number of ether oxygens (including phenoxy) is 2. The van der Waals surface area contributed by atoms with Crippen LogP contribution in [0.5, 0.6) is 0 Å². The molecule has 0 N–H and O–H groups in total. The van der Waals surface area contributed by atoms with Gasteiger partial charge in [0, 0.05) is 45.0 Å². The lowest BCUT2D eigenvalue weighted by Crippen LogP contribution is -2.38. The third-order valence-electron chi connectivity index (χ3n) is 4.96. The first-order chi connectivity index (χ1) is 12.1. The molecule has 138 valence electrons. The van der Waals surface area contributed by atoms with Crippen LogP contribution >= 0.6 is 0 Å². The van der Waals surface area contributed by atoms with Crippen LogP contribution in [0.2, 0.25) is 0 Å². The third-order valence-corrected chi connectivity index (χ3v) is 4.96. The number of aromatic nitrogens is 3. The Bertz CT molecular complexity index is 662. The van der Waals surface area contributed by atoms with Gasteiger partial charge in [-0.2, -0.15) is 5.10 Å². The summed E-state index contributed by atoms with van der Waals surface area (Å²) in [7, 11) is 3.65.